The Hall–Kier alpha value is -1.72. The van der Waals surface area contributed by atoms with Crippen molar-refractivity contribution in [3.63, 3.8) is 0 Å². The molecule has 126 valence electrons. The number of fused-ring (bicyclic) bond motifs is 1. The van der Waals surface area contributed by atoms with E-state index in [1.807, 2.05) is 18.2 Å². The summed E-state index contributed by atoms with van der Waals surface area (Å²) < 4.78 is 17.9. The number of halogens is 1. The van der Waals surface area contributed by atoms with Crippen molar-refractivity contribution < 1.29 is 14.2 Å². The highest BCUT2D eigenvalue weighted by Crippen LogP contribution is 2.36. The Morgan fingerprint density at radius 2 is 1.92 bits per heavy atom. The molecular weight excluding hydrogens is 370 g/mol. The minimum absolute atomic E-state index is 0.289. The summed E-state index contributed by atoms with van der Waals surface area (Å²) in [5.74, 6) is 3.35. The Balaban J connectivity index is 1.44. The van der Waals surface area contributed by atoms with E-state index in [0.717, 1.165) is 41.2 Å². The van der Waals surface area contributed by atoms with Crippen LogP contribution in [0.15, 0.2) is 46.9 Å². The highest BCUT2D eigenvalue weighted by atomic mass is 79.9. The molecule has 2 atom stereocenters. The fraction of sp³-hybridized carbons (Fsp3) is 0.368. The van der Waals surface area contributed by atoms with E-state index < -0.39 is 0 Å². The second-order valence-corrected chi connectivity index (χ2v) is 7.15. The van der Waals surface area contributed by atoms with Crippen LogP contribution in [0.1, 0.15) is 17.9 Å². The normalized spacial score (nSPS) is 22.4. The van der Waals surface area contributed by atoms with Gasteiger partial charge in [-0.05, 0) is 48.7 Å². The number of rotatable bonds is 4. The molecule has 0 saturated carbocycles. The summed E-state index contributed by atoms with van der Waals surface area (Å²) in [6, 6.07) is 14.4. The first-order valence-electron chi connectivity index (χ1n) is 8.28. The van der Waals surface area contributed by atoms with Crippen molar-refractivity contribution >= 4 is 15.9 Å². The molecule has 2 aromatic carbocycles. The molecule has 0 amide bonds. The van der Waals surface area contributed by atoms with Crippen LogP contribution in [-0.2, 0) is 0 Å². The number of hydrogen-bond acceptors (Lipinski definition) is 4. The van der Waals surface area contributed by atoms with Crippen LogP contribution in [0.25, 0.3) is 0 Å². The van der Waals surface area contributed by atoms with E-state index in [1.54, 1.807) is 0 Å². The van der Waals surface area contributed by atoms with E-state index in [2.05, 4.69) is 45.5 Å². The lowest BCUT2D eigenvalue weighted by atomic mass is 9.81. The van der Waals surface area contributed by atoms with Crippen LogP contribution in [-0.4, -0.2) is 26.5 Å². The van der Waals surface area contributed by atoms with Gasteiger partial charge in [0.1, 0.15) is 5.75 Å². The Labute approximate surface area is 150 Å². The molecule has 4 nitrogen and oxygen atoms in total. The van der Waals surface area contributed by atoms with Crippen molar-refractivity contribution in [1.82, 2.24) is 5.32 Å². The van der Waals surface area contributed by atoms with Crippen LogP contribution in [0, 0.1) is 5.92 Å². The lowest BCUT2D eigenvalue weighted by molar-refractivity contribution is 0.173. The summed E-state index contributed by atoms with van der Waals surface area (Å²) in [6.07, 6.45) is 1.14. The van der Waals surface area contributed by atoms with Gasteiger partial charge in [0, 0.05) is 23.0 Å². The van der Waals surface area contributed by atoms with Gasteiger partial charge >= 0.3 is 0 Å². The first-order valence-corrected chi connectivity index (χ1v) is 9.07. The molecule has 2 aliphatic rings. The third-order valence-electron chi connectivity index (χ3n) is 4.71. The molecule has 0 aromatic heterocycles. The third-order valence-corrected chi connectivity index (χ3v) is 5.24. The fourth-order valence-electron chi connectivity index (χ4n) is 3.42. The molecule has 0 radical (unpaired) electrons. The first kappa shape index (κ1) is 15.8. The predicted molar refractivity (Wildman–Crippen MR) is 95.9 cm³/mol. The maximum absolute atomic E-state index is 6.06. The molecular formula is C19H20BrNO3. The highest BCUT2D eigenvalue weighted by molar-refractivity contribution is 9.10. The van der Waals surface area contributed by atoms with Crippen molar-refractivity contribution in [2.75, 3.05) is 26.5 Å². The first-order chi connectivity index (χ1) is 11.8. The van der Waals surface area contributed by atoms with Crippen molar-refractivity contribution in [2.45, 2.75) is 12.3 Å². The SMILES string of the molecule is Brc1ccc([C@@H]2CCNC[C@H]2COc2ccc3c(c2)OCO3)cc1. The van der Waals surface area contributed by atoms with E-state index in [9.17, 15) is 0 Å². The molecule has 2 aromatic rings. The van der Waals surface area contributed by atoms with Crippen molar-refractivity contribution in [2.24, 2.45) is 5.92 Å². The lowest BCUT2D eigenvalue weighted by Crippen LogP contribution is -2.38. The predicted octanol–water partition coefficient (Wildman–Crippen LogP) is 3.95. The summed E-state index contributed by atoms with van der Waals surface area (Å²) in [5, 5.41) is 3.49. The maximum Gasteiger partial charge on any atom is 0.231 e. The van der Waals surface area contributed by atoms with Crippen molar-refractivity contribution in [3.05, 3.63) is 52.5 Å². The van der Waals surface area contributed by atoms with Gasteiger partial charge < -0.3 is 19.5 Å². The second-order valence-electron chi connectivity index (χ2n) is 6.24. The zero-order chi connectivity index (χ0) is 16.4. The molecule has 2 aliphatic heterocycles. The molecule has 24 heavy (non-hydrogen) atoms. The minimum Gasteiger partial charge on any atom is -0.493 e. The van der Waals surface area contributed by atoms with E-state index in [-0.39, 0.29) is 6.79 Å². The van der Waals surface area contributed by atoms with Gasteiger partial charge in [0.25, 0.3) is 0 Å². The van der Waals surface area contributed by atoms with Gasteiger partial charge in [-0.1, -0.05) is 28.1 Å². The number of hydrogen-bond donors (Lipinski definition) is 1. The van der Waals surface area contributed by atoms with E-state index in [4.69, 9.17) is 14.2 Å². The van der Waals surface area contributed by atoms with E-state index in [1.165, 1.54) is 5.56 Å². The molecule has 0 spiro atoms. The Morgan fingerprint density at radius 3 is 2.79 bits per heavy atom. The van der Waals surface area contributed by atoms with Gasteiger partial charge in [0.05, 0.1) is 6.61 Å². The Bertz CT molecular complexity index is 704. The van der Waals surface area contributed by atoms with Gasteiger partial charge in [0.2, 0.25) is 6.79 Å². The molecule has 0 bridgehead atoms. The zero-order valence-electron chi connectivity index (χ0n) is 13.3. The molecule has 0 unspecified atom stereocenters. The van der Waals surface area contributed by atoms with Gasteiger partial charge in [-0.2, -0.15) is 0 Å². The number of benzene rings is 2. The largest absolute Gasteiger partial charge is 0.493 e. The lowest BCUT2D eigenvalue weighted by Gasteiger charge is -2.32. The standard InChI is InChI=1S/C19H20BrNO3/c20-15-3-1-13(2-4-15)17-7-8-21-10-14(17)11-22-16-5-6-18-19(9-16)24-12-23-18/h1-6,9,14,17,21H,7-8,10-12H2/t14-,17-/m0/s1. The van der Waals surface area contributed by atoms with Crippen molar-refractivity contribution in [3.8, 4) is 17.2 Å². The van der Waals surface area contributed by atoms with E-state index >= 15 is 0 Å². The second kappa shape index (κ2) is 7.03. The van der Waals surface area contributed by atoms with Crippen LogP contribution >= 0.6 is 15.9 Å². The summed E-state index contributed by atoms with van der Waals surface area (Å²) in [4.78, 5) is 0. The summed E-state index contributed by atoms with van der Waals surface area (Å²) in [5.41, 5.74) is 1.39. The average Bonchev–Trinajstić information content (AvgIpc) is 3.09. The molecule has 2 heterocycles. The number of nitrogens with one attached hydrogen (secondary N) is 1. The Morgan fingerprint density at radius 1 is 1.08 bits per heavy atom. The Kier molecular flexibility index (Phi) is 4.63. The van der Waals surface area contributed by atoms with Gasteiger partial charge in [-0.25, -0.2) is 0 Å². The van der Waals surface area contributed by atoms with Crippen LogP contribution in [0.5, 0.6) is 17.2 Å². The van der Waals surface area contributed by atoms with Gasteiger partial charge in [-0.3, -0.25) is 0 Å². The average molecular weight is 390 g/mol. The molecule has 1 saturated heterocycles. The molecule has 1 N–H and O–H groups in total. The van der Waals surface area contributed by atoms with Gasteiger partial charge in [-0.15, -0.1) is 0 Å². The van der Waals surface area contributed by atoms with Crippen molar-refractivity contribution in [1.29, 1.82) is 0 Å². The van der Waals surface area contributed by atoms with Crippen LogP contribution in [0.2, 0.25) is 0 Å². The van der Waals surface area contributed by atoms with Crippen LogP contribution in [0.3, 0.4) is 0 Å². The summed E-state index contributed by atoms with van der Waals surface area (Å²) in [7, 11) is 0. The smallest absolute Gasteiger partial charge is 0.231 e. The third kappa shape index (κ3) is 3.37. The zero-order valence-corrected chi connectivity index (χ0v) is 14.9. The molecule has 4 rings (SSSR count). The molecule has 5 heteroatoms. The topological polar surface area (TPSA) is 39.7 Å². The monoisotopic (exact) mass is 389 g/mol. The van der Waals surface area contributed by atoms with E-state index in [0.29, 0.717) is 18.4 Å². The molecule has 0 aliphatic carbocycles. The fourth-order valence-corrected chi connectivity index (χ4v) is 3.68. The van der Waals surface area contributed by atoms with Crippen LogP contribution in [0.4, 0.5) is 0 Å². The highest BCUT2D eigenvalue weighted by Gasteiger charge is 2.27. The van der Waals surface area contributed by atoms with Crippen LogP contribution < -0.4 is 19.5 Å². The summed E-state index contributed by atoms with van der Waals surface area (Å²) in [6.45, 7) is 3.01. The van der Waals surface area contributed by atoms with Gasteiger partial charge in [0.15, 0.2) is 11.5 Å². The molecule has 1 fully saturated rings. The quantitative estimate of drug-likeness (QED) is 0.858. The number of piperidine rings is 1. The number of ether oxygens (including phenoxy) is 3. The summed E-state index contributed by atoms with van der Waals surface area (Å²) >= 11 is 3.51. The minimum atomic E-state index is 0.289. The maximum atomic E-state index is 6.06.